The highest BCUT2D eigenvalue weighted by atomic mass is 32.1. The topological polar surface area (TPSA) is 8.17 Å². The van der Waals surface area contributed by atoms with Gasteiger partial charge in [-0.3, -0.25) is 0 Å². The molecule has 0 amide bonds. The Hall–Kier alpha value is -10.1. The first-order chi connectivity index (χ1) is 40.2. The summed E-state index contributed by atoms with van der Waals surface area (Å²) < 4.78 is 5.18. The second-order valence-electron chi connectivity index (χ2n) is 22.6. The van der Waals surface area contributed by atoms with Crippen LogP contribution >= 0.6 is 11.3 Å². The first-order valence-corrected chi connectivity index (χ1v) is 29.0. The molecule has 0 saturated heterocycles. The average molecular weight is 1040 g/mol. The third-order valence-corrected chi connectivity index (χ3v) is 20.1. The van der Waals surface area contributed by atoms with Gasteiger partial charge in [-0.2, -0.15) is 0 Å². The minimum Gasteiger partial charge on any atom is -0.310 e. The summed E-state index contributed by atoms with van der Waals surface area (Å²) in [4.78, 5) is 2.55. The number of nitrogens with zero attached hydrogens (tertiary/aromatic N) is 2. The van der Waals surface area contributed by atoms with Gasteiger partial charge in [0, 0.05) is 48.0 Å². The van der Waals surface area contributed by atoms with E-state index in [-0.39, 0.29) is 0 Å². The van der Waals surface area contributed by atoms with Crippen molar-refractivity contribution in [3.8, 4) is 50.2 Å². The number of anilines is 3. The molecular weight excluding hydrogens is 997 g/mol. The van der Waals surface area contributed by atoms with Gasteiger partial charge in [0.15, 0.2) is 0 Å². The van der Waals surface area contributed by atoms with Gasteiger partial charge in [0.2, 0.25) is 0 Å². The summed E-state index contributed by atoms with van der Waals surface area (Å²) in [7, 11) is 0. The quantitative estimate of drug-likeness (QED) is 0.171. The highest BCUT2D eigenvalue weighted by molar-refractivity contribution is 7.25. The van der Waals surface area contributed by atoms with Crippen LogP contribution in [0.25, 0.3) is 103 Å². The van der Waals surface area contributed by atoms with Crippen molar-refractivity contribution in [3.63, 3.8) is 0 Å². The van der Waals surface area contributed by atoms with E-state index in [1.54, 1.807) is 0 Å². The number of rotatable bonds is 4. The zero-order valence-corrected chi connectivity index (χ0v) is 44.7. The third-order valence-electron chi connectivity index (χ3n) is 19.0. The smallest absolute Gasteiger partial charge is 0.0755 e. The Bertz CT molecular complexity index is 5220. The van der Waals surface area contributed by atoms with Crippen LogP contribution in [0.5, 0.6) is 0 Å². The largest absolute Gasteiger partial charge is 0.310 e. The molecule has 4 aliphatic rings. The molecule has 0 radical (unpaired) electrons. The molecular formula is C78H46N2S. The maximum atomic E-state index is 2.55. The number of thiophene rings is 1. The molecule has 3 heteroatoms. The lowest BCUT2D eigenvalue weighted by molar-refractivity contribution is 0.748. The number of benzene rings is 13. The molecule has 13 aromatic carbocycles. The number of hydrogen-bond acceptors (Lipinski definition) is 2. The van der Waals surface area contributed by atoms with E-state index >= 15 is 0 Å². The minimum absolute atomic E-state index is 0.537. The first-order valence-electron chi connectivity index (χ1n) is 28.2. The maximum absolute atomic E-state index is 2.55. The van der Waals surface area contributed by atoms with Gasteiger partial charge in [-0.25, -0.2) is 0 Å². The zero-order valence-electron chi connectivity index (χ0n) is 43.9. The van der Waals surface area contributed by atoms with Crippen molar-refractivity contribution in [1.29, 1.82) is 0 Å². The Labute approximate surface area is 472 Å². The molecule has 19 rings (SSSR count). The summed E-state index contributed by atoms with van der Waals surface area (Å²) in [5.41, 5.74) is 26.6. The lowest BCUT2D eigenvalue weighted by atomic mass is 9.65. The van der Waals surface area contributed by atoms with Crippen molar-refractivity contribution in [1.82, 2.24) is 4.57 Å². The second-order valence-corrected chi connectivity index (χ2v) is 23.7. The number of hydrogen-bond donors (Lipinski definition) is 0. The van der Waals surface area contributed by atoms with Gasteiger partial charge in [-0.15, -0.1) is 11.3 Å². The van der Waals surface area contributed by atoms with Crippen molar-refractivity contribution < 1.29 is 0 Å². The van der Waals surface area contributed by atoms with Crippen molar-refractivity contribution in [2.75, 3.05) is 4.90 Å². The van der Waals surface area contributed by atoms with Crippen LogP contribution in [0, 0.1) is 0 Å². The molecule has 0 bridgehead atoms. The molecule has 2 spiro atoms. The van der Waals surface area contributed by atoms with Gasteiger partial charge >= 0.3 is 0 Å². The summed E-state index contributed by atoms with van der Waals surface area (Å²) in [6, 6.07) is 106. The molecule has 2 nitrogen and oxygen atoms in total. The highest BCUT2D eigenvalue weighted by Gasteiger charge is 2.53. The van der Waals surface area contributed by atoms with Crippen molar-refractivity contribution >= 4 is 81.1 Å². The van der Waals surface area contributed by atoms with Crippen molar-refractivity contribution in [2.45, 2.75) is 10.8 Å². The fraction of sp³-hybridized carbons (Fsp3) is 0.0256. The molecule has 1 unspecified atom stereocenters. The summed E-state index contributed by atoms with van der Waals surface area (Å²) >= 11 is 1.87. The molecule has 374 valence electrons. The highest BCUT2D eigenvalue weighted by Crippen LogP contribution is 2.66. The summed E-state index contributed by atoms with van der Waals surface area (Å²) in [6.45, 7) is 0. The van der Waals surface area contributed by atoms with E-state index in [1.165, 1.54) is 147 Å². The molecule has 1 atom stereocenters. The average Bonchev–Trinajstić information content (AvgIpc) is 1.83. The van der Waals surface area contributed by atoms with E-state index in [9.17, 15) is 0 Å². The third kappa shape index (κ3) is 5.47. The van der Waals surface area contributed by atoms with Crippen LogP contribution in [0.4, 0.5) is 17.1 Å². The van der Waals surface area contributed by atoms with Gasteiger partial charge in [0.1, 0.15) is 0 Å². The molecule has 0 fully saturated rings. The van der Waals surface area contributed by atoms with E-state index < -0.39 is 10.8 Å². The molecule has 3 aliphatic carbocycles. The predicted molar refractivity (Wildman–Crippen MR) is 338 cm³/mol. The van der Waals surface area contributed by atoms with E-state index in [2.05, 4.69) is 289 Å². The van der Waals surface area contributed by atoms with Gasteiger partial charge in [0.25, 0.3) is 0 Å². The van der Waals surface area contributed by atoms with Gasteiger partial charge in [-0.05, 0) is 167 Å². The summed E-state index contributed by atoms with van der Waals surface area (Å²) in [5, 5.41) is 7.72. The van der Waals surface area contributed by atoms with E-state index in [4.69, 9.17) is 0 Å². The standard InChI is InChI=1S/C78H46N2S/c1-2-17-53-48(16-1)34-42-67-75(53)61-41-39-52(46-70(61)77(67)63-24-8-3-18-54(63)55-19-4-9-25-64(55)77)79(50-36-32-47(33-37-50)49-35-43-74-62(44-49)59-22-7-14-31-73(59)81-74)51-38-40-57-56-20-5-10-26-65(56)78(69(57)45-51)66-27-11-13-30-72(66)80-71-29-12-6-21-58(71)60-23-15-28-68(78)76(60)80/h1-46H. The Morgan fingerprint density at radius 2 is 0.827 bits per heavy atom. The number of fused-ring (bicyclic) bond motifs is 27. The normalized spacial score (nSPS) is 15.3. The van der Waals surface area contributed by atoms with Gasteiger partial charge in [-0.1, -0.05) is 212 Å². The van der Waals surface area contributed by atoms with E-state index in [0.717, 1.165) is 17.1 Å². The van der Waals surface area contributed by atoms with Gasteiger partial charge < -0.3 is 9.47 Å². The van der Waals surface area contributed by atoms with E-state index in [0.29, 0.717) is 0 Å². The van der Waals surface area contributed by atoms with Crippen LogP contribution in [0.1, 0.15) is 44.5 Å². The Balaban J connectivity index is 0.880. The Kier molecular flexibility index (Phi) is 8.57. The summed E-state index contributed by atoms with van der Waals surface area (Å²) in [6.07, 6.45) is 0. The molecule has 0 saturated carbocycles. The maximum Gasteiger partial charge on any atom is 0.0755 e. The minimum atomic E-state index is -0.607. The molecule has 2 aromatic heterocycles. The van der Waals surface area contributed by atoms with Crippen LogP contribution in [-0.4, -0.2) is 4.57 Å². The monoisotopic (exact) mass is 1040 g/mol. The lowest BCUT2D eigenvalue weighted by Crippen LogP contribution is -2.33. The van der Waals surface area contributed by atoms with Crippen LogP contribution < -0.4 is 4.90 Å². The van der Waals surface area contributed by atoms with Crippen molar-refractivity contribution in [2.24, 2.45) is 0 Å². The summed E-state index contributed by atoms with van der Waals surface area (Å²) in [5.74, 6) is 0. The van der Waals surface area contributed by atoms with Crippen LogP contribution in [-0.2, 0) is 10.8 Å². The SMILES string of the molecule is c1ccc2c(c1)-c1ccccc1C21c2cc(N(c3ccc(-c4ccc5sc6ccccc6c5c4)cc3)c3ccc4c(c3)C3(c5ccccc5-4)c4ccccc4-n4c5ccccc5c5cccc3c54)ccc2-c2c1ccc1ccccc21. The van der Waals surface area contributed by atoms with Gasteiger partial charge in [0.05, 0.1) is 27.6 Å². The van der Waals surface area contributed by atoms with Crippen LogP contribution in [0.3, 0.4) is 0 Å². The fourth-order valence-corrected chi connectivity index (χ4v) is 17.0. The molecule has 1 aliphatic heterocycles. The predicted octanol–water partition coefficient (Wildman–Crippen LogP) is 20.5. The van der Waals surface area contributed by atoms with Crippen LogP contribution in [0.15, 0.2) is 279 Å². The molecule has 81 heavy (non-hydrogen) atoms. The fourth-order valence-electron chi connectivity index (χ4n) is 15.9. The Morgan fingerprint density at radius 1 is 0.296 bits per heavy atom. The molecule has 15 aromatic rings. The number of aromatic nitrogens is 1. The molecule has 0 N–H and O–H groups in total. The second kappa shape index (κ2) is 15.8. The van der Waals surface area contributed by atoms with Crippen molar-refractivity contribution in [3.05, 3.63) is 324 Å². The lowest BCUT2D eigenvalue weighted by Gasteiger charge is -2.40. The number of para-hydroxylation sites is 3. The first kappa shape index (κ1) is 43.9. The van der Waals surface area contributed by atoms with E-state index in [1.807, 2.05) is 11.3 Å². The molecule has 3 heterocycles. The Morgan fingerprint density at radius 3 is 1.58 bits per heavy atom. The zero-order chi connectivity index (χ0) is 52.7. The van der Waals surface area contributed by atoms with Crippen LogP contribution in [0.2, 0.25) is 0 Å².